The van der Waals surface area contributed by atoms with Gasteiger partial charge in [0.1, 0.15) is 5.75 Å². The number of aryl methyl sites for hydroxylation is 1. The van der Waals surface area contributed by atoms with Crippen LogP contribution in [-0.2, 0) is 16.1 Å². The number of hydrogen-bond acceptors (Lipinski definition) is 5. The third-order valence-electron chi connectivity index (χ3n) is 5.33. The zero-order valence-electron chi connectivity index (χ0n) is 18.9. The molecule has 0 saturated heterocycles. The van der Waals surface area contributed by atoms with Gasteiger partial charge < -0.3 is 4.74 Å². The lowest BCUT2D eigenvalue weighted by Gasteiger charge is -2.15. The standard InChI is InChI=1S/C25H25N5O3S/c1-16-6-5-9-20(14-16)23-27-29-25(34)30(23)13-12-22(31)26-28-24(32)17(2)33-21-11-10-18-7-3-4-8-19(18)15-21/h3-11,14-15,17H,12-13H2,1-2H3,(H,26,31)(H,28,32)(H,29,34). The van der Waals surface area contributed by atoms with Crippen LogP contribution in [0.2, 0.25) is 0 Å². The van der Waals surface area contributed by atoms with Gasteiger partial charge in [-0.05, 0) is 55.0 Å². The van der Waals surface area contributed by atoms with E-state index in [1.807, 2.05) is 73.7 Å². The van der Waals surface area contributed by atoms with Gasteiger partial charge in [0.05, 0.1) is 0 Å². The van der Waals surface area contributed by atoms with Crippen molar-refractivity contribution in [3.8, 4) is 17.1 Å². The van der Waals surface area contributed by atoms with E-state index in [0.29, 0.717) is 22.9 Å². The van der Waals surface area contributed by atoms with Gasteiger partial charge >= 0.3 is 0 Å². The number of hydrazine groups is 1. The van der Waals surface area contributed by atoms with Crippen molar-refractivity contribution < 1.29 is 14.3 Å². The Labute approximate surface area is 201 Å². The van der Waals surface area contributed by atoms with E-state index in [1.54, 1.807) is 11.5 Å². The van der Waals surface area contributed by atoms with Gasteiger partial charge in [0, 0.05) is 18.5 Å². The van der Waals surface area contributed by atoms with Crippen molar-refractivity contribution in [1.82, 2.24) is 25.6 Å². The Morgan fingerprint density at radius 3 is 2.65 bits per heavy atom. The largest absolute Gasteiger partial charge is 0.481 e. The van der Waals surface area contributed by atoms with Crippen LogP contribution in [-0.4, -0.2) is 32.7 Å². The van der Waals surface area contributed by atoms with Gasteiger partial charge in [-0.15, -0.1) is 0 Å². The van der Waals surface area contributed by atoms with Crippen LogP contribution in [0.1, 0.15) is 18.9 Å². The van der Waals surface area contributed by atoms with Gasteiger partial charge in [0.15, 0.2) is 16.7 Å². The summed E-state index contributed by atoms with van der Waals surface area (Å²) in [4.78, 5) is 24.7. The van der Waals surface area contributed by atoms with Crippen LogP contribution in [0.15, 0.2) is 66.7 Å². The highest BCUT2D eigenvalue weighted by molar-refractivity contribution is 7.71. The Balaban J connectivity index is 1.30. The van der Waals surface area contributed by atoms with E-state index in [0.717, 1.165) is 21.9 Å². The van der Waals surface area contributed by atoms with Crippen LogP contribution >= 0.6 is 12.2 Å². The second kappa shape index (κ2) is 10.3. The van der Waals surface area contributed by atoms with E-state index in [1.165, 1.54) is 0 Å². The molecule has 174 valence electrons. The normalized spacial score (nSPS) is 11.7. The van der Waals surface area contributed by atoms with Gasteiger partial charge in [-0.25, -0.2) is 0 Å². The zero-order valence-corrected chi connectivity index (χ0v) is 19.7. The smallest absolute Gasteiger partial charge is 0.279 e. The molecular formula is C25H25N5O3S. The molecule has 0 bridgehead atoms. The van der Waals surface area contributed by atoms with E-state index >= 15 is 0 Å². The first kappa shape index (κ1) is 23.2. The van der Waals surface area contributed by atoms with E-state index < -0.39 is 12.0 Å². The number of fused-ring (bicyclic) bond motifs is 1. The maximum Gasteiger partial charge on any atom is 0.279 e. The molecule has 0 aliphatic carbocycles. The predicted octanol–water partition coefficient (Wildman–Crippen LogP) is 4.07. The van der Waals surface area contributed by atoms with Crippen molar-refractivity contribution >= 4 is 34.8 Å². The molecule has 3 N–H and O–H groups in total. The Morgan fingerprint density at radius 2 is 1.85 bits per heavy atom. The minimum Gasteiger partial charge on any atom is -0.481 e. The van der Waals surface area contributed by atoms with Crippen molar-refractivity contribution in [3.05, 3.63) is 77.1 Å². The number of ether oxygens (including phenoxy) is 1. The maximum atomic E-state index is 12.4. The second-order valence-corrected chi connectivity index (χ2v) is 8.32. The number of nitrogens with zero attached hydrogens (tertiary/aromatic N) is 2. The molecule has 0 radical (unpaired) electrons. The van der Waals surface area contributed by atoms with E-state index in [9.17, 15) is 9.59 Å². The minimum atomic E-state index is -0.795. The highest BCUT2D eigenvalue weighted by Gasteiger charge is 2.16. The van der Waals surface area contributed by atoms with Gasteiger partial charge in [0.2, 0.25) is 5.91 Å². The van der Waals surface area contributed by atoms with E-state index in [-0.39, 0.29) is 12.3 Å². The molecule has 9 heteroatoms. The molecule has 8 nitrogen and oxygen atoms in total. The lowest BCUT2D eigenvalue weighted by atomic mass is 10.1. The molecule has 1 heterocycles. The van der Waals surface area contributed by atoms with Gasteiger partial charge in [0.25, 0.3) is 5.91 Å². The topological polar surface area (TPSA) is 101 Å². The first-order valence-electron chi connectivity index (χ1n) is 10.9. The van der Waals surface area contributed by atoms with Gasteiger partial charge in [-0.2, -0.15) is 5.10 Å². The van der Waals surface area contributed by atoms with Crippen molar-refractivity contribution in [2.75, 3.05) is 0 Å². The number of carbonyl (C=O) groups excluding carboxylic acids is 2. The van der Waals surface area contributed by atoms with Crippen LogP contribution in [0.5, 0.6) is 5.75 Å². The molecule has 2 amide bonds. The molecule has 0 saturated carbocycles. The molecule has 1 aromatic heterocycles. The minimum absolute atomic E-state index is 0.104. The quantitative estimate of drug-likeness (QED) is 0.276. The number of aromatic amines is 1. The third kappa shape index (κ3) is 5.49. The first-order valence-corrected chi connectivity index (χ1v) is 11.3. The summed E-state index contributed by atoms with van der Waals surface area (Å²) in [5.74, 6) is 0.417. The highest BCUT2D eigenvalue weighted by Crippen LogP contribution is 2.21. The summed E-state index contributed by atoms with van der Waals surface area (Å²) in [6.07, 6.45) is -0.691. The van der Waals surface area contributed by atoms with E-state index in [4.69, 9.17) is 17.0 Å². The third-order valence-corrected chi connectivity index (χ3v) is 5.64. The van der Waals surface area contributed by atoms with Crippen LogP contribution in [0.25, 0.3) is 22.2 Å². The average Bonchev–Trinajstić information content (AvgIpc) is 3.21. The van der Waals surface area contributed by atoms with Crippen LogP contribution in [0.3, 0.4) is 0 Å². The average molecular weight is 476 g/mol. The molecule has 3 aromatic carbocycles. The number of H-pyrrole nitrogens is 1. The number of rotatable bonds is 7. The summed E-state index contributed by atoms with van der Waals surface area (Å²) in [6.45, 7) is 3.93. The SMILES string of the molecule is Cc1cccc(-c2n[nH]c(=S)n2CCC(=O)NNC(=O)C(C)Oc2ccc3ccccc3c2)c1. The molecule has 0 aliphatic heterocycles. The van der Waals surface area contributed by atoms with Gasteiger partial charge in [-0.3, -0.25) is 30.1 Å². The fraction of sp³-hybridized carbons (Fsp3) is 0.200. The van der Waals surface area contributed by atoms with Crippen molar-refractivity contribution in [1.29, 1.82) is 0 Å². The molecule has 4 aromatic rings. The summed E-state index contributed by atoms with van der Waals surface area (Å²) < 4.78 is 7.91. The molecule has 0 aliphatic rings. The fourth-order valence-electron chi connectivity index (χ4n) is 3.54. The van der Waals surface area contributed by atoms with Crippen LogP contribution in [0.4, 0.5) is 0 Å². The number of carbonyl (C=O) groups is 2. The summed E-state index contributed by atoms with van der Waals surface area (Å²) in [7, 11) is 0. The molecule has 1 unspecified atom stereocenters. The summed E-state index contributed by atoms with van der Waals surface area (Å²) in [5.41, 5.74) is 6.85. The Hall–Kier alpha value is -3.98. The molecule has 4 rings (SSSR count). The molecule has 34 heavy (non-hydrogen) atoms. The predicted molar refractivity (Wildman–Crippen MR) is 133 cm³/mol. The number of nitrogens with one attached hydrogen (secondary N) is 3. The fourth-order valence-corrected chi connectivity index (χ4v) is 3.76. The van der Waals surface area contributed by atoms with Crippen LogP contribution in [0, 0.1) is 11.7 Å². The molecule has 1 atom stereocenters. The summed E-state index contributed by atoms with van der Waals surface area (Å²) in [5, 5.41) is 9.17. The molecular weight excluding hydrogens is 450 g/mol. The van der Waals surface area contributed by atoms with Crippen LogP contribution < -0.4 is 15.6 Å². The lowest BCUT2D eigenvalue weighted by molar-refractivity contribution is -0.132. The zero-order chi connectivity index (χ0) is 24.1. The number of benzene rings is 3. The first-order chi connectivity index (χ1) is 16.4. The van der Waals surface area contributed by atoms with Crippen molar-refractivity contribution in [2.24, 2.45) is 0 Å². The lowest BCUT2D eigenvalue weighted by Crippen LogP contribution is -2.47. The van der Waals surface area contributed by atoms with Gasteiger partial charge in [-0.1, -0.05) is 54.1 Å². The Morgan fingerprint density at radius 1 is 1.06 bits per heavy atom. The van der Waals surface area contributed by atoms with Crippen molar-refractivity contribution in [3.63, 3.8) is 0 Å². The second-order valence-electron chi connectivity index (χ2n) is 7.93. The molecule has 0 fully saturated rings. The number of amides is 2. The monoisotopic (exact) mass is 475 g/mol. The summed E-state index contributed by atoms with van der Waals surface area (Å²) in [6, 6.07) is 21.4. The maximum absolute atomic E-state index is 12.4. The summed E-state index contributed by atoms with van der Waals surface area (Å²) >= 11 is 5.32. The highest BCUT2D eigenvalue weighted by atomic mass is 32.1. The Bertz CT molecular complexity index is 1390. The molecule has 0 spiro atoms. The number of hydrogen-bond donors (Lipinski definition) is 3. The number of aromatic nitrogens is 3. The van der Waals surface area contributed by atoms with E-state index in [2.05, 4.69) is 21.0 Å². The van der Waals surface area contributed by atoms with Crippen molar-refractivity contribution in [2.45, 2.75) is 32.9 Å². The Kier molecular flexibility index (Phi) is 7.03.